The molecule has 0 unspecified atom stereocenters. The van der Waals surface area contributed by atoms with Crippen LogP contribution in [0.1, 0.15) is 30.6 Å². The Kier molecular flexibility index (Phi) is 3.80. The monoisotopic (exact) mass is 252 g/mol. The molecule has 0 fully saturated rings. The van der Waals surface area contributed by atoms with Gasteiger partial charge in [-0.2, -0.15) is 0 Å². The van der Waals surface area contributed by atoms with E-state index in [0.717, 1.165) is 6.07 Å². The van der Waals surface area contributed by atoms with Crippen molar-refractivity contribution in [3.05, 3.63) is 23.8 Å². The highest BCUT2D eigenvalue weighted by Gasteiger charge is 2.23. The Labute approximate surface area is 104 Å². The zero-order chi connectivity index (χ0) is 13.9. The summed E-state index contributed by atoms with van der Waals surface area (Å²) in [7, 11) is 0. The van der Waals surface area contributed by atoms with Crippen LogP contribution in [-0.2, 0) is 4.79 Å². The van der Waals surface area contributed by atoms with Crippen molar-refractivity contribution in [2.24, 2.45) is 5.73 Å². The van der Waals surface area contributed by atoms with Crippen LogP contribution < -0.4 is 11.1 Å². The van der Waals surface area contributed by atoms with Crippen LogP contribution in [0.15, 0.2) is 18.2 Å². The van der Waals surface area contributed by atoms with Gasteiger partial charge >= 0.3 is 0 Å². The minimum Gasteiger partial charge on any atom is -0.504 e. The summed E-state index contributed by atoms with van der Waals surface area (Å²) in [6, 6.07) is 3.72. The molecule has 6 nitrogen and oxygen atoms in total. The van der Waals surface area contributed by atoms with Gasteiger partial charge in [-0.1, -0.05) is 0 Å². The maximum absolute atomic E-state index is 11.8. The summed E-state index contributed by atoms with van der Waals surface area (Å²) in [6.45, 7) is 3.33. The van der Waals surface area contributed by atoms with Gasteiger partial charge in [-0.15, -0.1) is 0 Å². The van der Waals surface area contributed by atoms with Crippen molar-refractivity contribution in [2.45, 2.75) is 25.8 Å². The van der Waals surface area contributed by atoms with E-state index in [-0.39, 0.29) is 23.5 Å². The number of carbonyl (C=O) groups excluding carboxylic acids is 2. The smallest absolute Gasteiger partial charge is 0.251 e. The van der Waals surface area contributed by atoms with Crippen LogP contribution in [0.5, 0.6) is 11.5 Å². The first-order valence-corrected chi connectivity index (χ1v) is 5.34. The minimum absolute atomic E-state index is 0.00278. The van der Waals surface area contributed by atoms with Crippen molar-refractivity contribution in [1.82, 2.24) is 5.32 Å². The third-order valence-corrected chi connectivity index (χ3v) is 2.31. The molecule has 0 bridgehead atoms. The van der Waals surface area contributed by atoms with E-state index in [9.17, 15) is 14.7 Å². The summed E-state index contributed by atoms with van der Waals surface area (Å²) < 4.78 is 0. The normalized spacial score (nSPS) is 11.0. The summed E-state index contributed by atoms with van der Waals surface area (Å²) in [5.74, 6) is -1.66. The van der Waals surface area contributed by atoms with Crippen molar-refractivity contribution in [3.8, 4) is 11.5 Å². The highest BCUT2D eigenvalue weighted by molar-refractivity contribution is 5.95. The molecule has 1 aromatic carbocycles. The molecule has 1 rings (SSSR count). The second kappa shape index (κ2) is 4.95. The Balaban J connectivity index is 2.82. The van der Waals surface area contributed by atoms with Gasteiger partial charge in [-0.25, -0.2) is 0 Å². The summed E-state index contributed by atoms with van der Waals surface area (Å²) in [5, 5.41) is 21.0. The molecule has 0 saturated heterocycles. The van der Waals surface area contributed by atoms with Crippen molar-refractivity contribution in [3.63, 3.8) is 0 Å². The van der Waals surface area contributed by atoms with E-state index in [4.69, 9.17) is 10.8 Å². The van der Waals surface area contributed by atoms with Gasteiger partial charge in [0.05, 0.1) is 0 Å². The van der Waals surface area contributed by atoms with E-state index < -0.39 is 17.4 Å². The number of rotatable bonds is 4. The number of nitrogens with two attached hydrogens (primary N) is 1. The average Bonchev–Trinajstić information content (AvgIpc) is 2.19. The van der Waals surface area contributed by atoms with Gasteiger partial charge in [0.1, 0.15) is 0 Å². The molecule has 18 heavy (non-hydrogen) atoms. The number of benzene rings is 1. The number of phenolic OH excluding ortho intramolecular Hbond substituents is 2. The molecule has 0 aliphatic rings. The predicted octanol–water partition coefficient (Wildman–Crippen LogP) is 0.482. The van der Waals surface area contributed by atoms with Gasteiger partial charge in [0.25, 0.3) is 5.91 Å². The van der Waals surface area contributed by atoms with Gasteiger partial charge in [0.2, 0.25) is 5.91 Å². The van der Waals surface area contributed by atoms with Gasteiger partial charge in [-0.05, 0) is 32.0 Å². The predicted molar refractivity (Wildman–Crippen MR) is 65.1 cm³/mol. The van der Waals surface area contributed by atoms with Crippen molar-refractivity contribution < 1.29 is 19.8 Å². The third-order valence-electron chi connectivity index (χ3n) is 2.31. The summed E-state index contributed by atoms with van der Waals surface area (Å²) in [5.41, 5.74) is 4.48. The zero-order valence-corrected chi connectivity index (χ0v) is 10.2. The number of primary amides is 1. The second-order valence-corrected chi connectivity index (χ2v) is 4.68. The molecule has 0 heterocycles. The van der Waals surface area contributed by atoms with E-state index in [1.54, 1.807) is 13.8 Å². The first kappa shape index (κ1) is 13.8. The molecule has 0 aliphatic heterocycles. The van der Waals surface area contributed by atoms with Crippen LogP contribution in [0, 0.1) is 0 Å². The number of aromatic hydroxyl groups is 2. The van der Waals surface area contributed by atoms with Gasteiger partial charge in [0, 0.05) is 17.5 Å². The topological polar surface area (TPSA) is 113 Å². The molecular weight excluding hydrogens is 236 g/mol. The Morgan fingerprint density at radius 1 is 1.28 bits per heavy atom. The third kappa shape index (κ3) is 3.65. The standard InChI is InChI=1S/C12H16N2O4/c1-12(2,6-10(13)17)14-11(18)7-3-4-8(15)9(16)5-7/h3-5,15-16H,6H2,1-2H3,(H2,13,17)(H,14,18). The molecule has 0 saturated carbocycles. The van der Waals surface area contributed by atoms with Crippen LogP contribution in [0.2, 0.25) is 0 Å². The van der Waals surface area contributed by atoms with Crippen LogP contribution >= 0.6 is 0 Å². The quantitative estimate of drug-likeness (QED) is 0.584. The number of carbonyl (C=O) groups is 2. The molecular formula is C12H16N2O4. The number of phenols is 2. The lowest BCUT2D eigenvalue weighted by atomic mass is 9.99. The highest BCUT2D eigenvalue weighted by atomic mass is 16.3. The first-order valence-electron chi connectivity index (χ1n) is 5.34. The van der Waals surface area contributed by atoms with Gasteiger partial charge in [-0.3, -0.25) is 9.59 Å². The number of nitrogens with one attached hydrogen (secondary N) is 1. The zero-order valence-electron chi connectivity index (χ0n) is 10.2. The SMILES string of the molecule is CC(C)(CC(N)=O)NC(=O)c1ccc(O)c(O)c1. The fourth-order valence-corrected chi connectivity index (χ4v) is 1.52. The molecule has 98 valence electrons. The van der Waals surface area contributed by atoms with E-state index >= 15 is 0 Å². The first-order chi connectivity index (χ1) is 8.21. The molecule has 0 atom stereocenters. The molecule has 1 aromatic rings. The van der Waals surface area contributed by atoms with E-state index in [0.29, 0.717) is 0 Å². The van der Waals surface area contributed by atoms with Crippen molar-refractivity contribution >= 4 is 11.8 Å². The van der Waals surface area contributed by atoms with Crippen molar-refractivity contribution in [2.75, 3.05) is 0 Å². The second-order valence-electron chi connectivity index (χ2n) is 4.68. The summed E-state index contributed by atoms with van der Waals surface area (Å²) in [6.07, 6.45) is 0.00278. The molecule has 0 aromatic heterocycles. The maximum Gasteiger partial charge on any atom is 0.251 e. The van der Waals surface area contributed by atoms with Crippen LogP contribution in [0.3, 0.4) is 0 Å². The van der Waals surface area contributed by atoms with Gasteiger partial charge < -0.3 is 21.3 Å². The Hall–Kier alpha value is -2.24. The number of amides is 2. The fourth-order valence-electron chi connectivity index (χ4n) is 1.52. The maximum atomic E-state index is 11.8. The lowest BCUT2D eigenvalue weighted by Crippen LogP contribution is -2.46. The van der Waals surface area contributed by atoms with E-state index in [2.05, 4.69) is 5.32 Å². The lowest BCUT2D eigenvalue weighted by Gasteiger charge is -2.24. The van der Waals surface area contributed by atoms with Crippen LogP contribution in [0.4, 0.5) is 0 Å². The molecule has 0 aliphatic carbocycles. The van der Waals surface area contributed by atoms with Crippen LogP contribution in [-0.4, -0.2) is 27.6 Å². The minimum atomic E-state index is -0.781. The molecule has 6 heteroatoms. The Bertz CT molecular complexity index is 483. The summed E-state index contributed by atoms with van der Waals surface area (Å²) >= 11 is 0. The fraction of sp³-hybridized carbons (Fsp3) is 0.333. The Morgan fingerprint density at radius 2 is 1.89 bits per heavy atom. The lowest BCUT2D eigenvalue weighted by molar-refractivity contribution is -0.119. The van der Waals surface area contributed by atoms with E-state index in [1.165, 1.54) is 12.1 Å². The van der Waals surface area contributed by atoms with E-state index in [1.807, 2.05) is 0 Å². The van der Waals surface area contributed by atoms with Gasteiger partial charge in [0.15, 0.2) is 11.5 Å². The number of hydrogen-bond donors (Lipinski definition) is 4. The molecule has 0 radical (unpaired) electrons. The molecule has 5 N–H and O–H groups in total. The average molecular weight is 252 g/mol. The number of hydrogen-bond acceptors (Lipinski definition) is 4. The van der Waals surface area contributed by atoms with Crippen molar-refractivity contribution in [1.29, 1.82) is 0 Å². The highest BCUT2D eigenvalue weighted by Crippen LogP contribution is 2.25. The molecule has 0 spiro atoms. The largest absolute Gasteiger partial charge is 0.504 e. The Morgan fingerprint density at radius 3 is 2.39 bits per heavy atom. The molecule has 2 amide bonds. The van der Waals surface area contributed by atoms with Crippen LogP contribution in [0.25, 0.3) is 0 Å². The summed E-state index contributed by atoms with van der Waals surface area (Å²) in [4.78, 5) is 22.7.